The van der Waals surface area contributed by atoms with Crippen LogP contribution in [0.15, 0.2) is 48.4 Å². The van der Waals surface area contributed by atoms with Crippen LogP contribution >= 0.6 is 11.3 Å². The number of rotatable bonds is 6. The van der Waals surface area contributed by atoms with Crippen molar-refractivity contribution in [1.29, 1.82) is 0 Å². The molecule has 0 unspecified atom stereocenters. The lowest BCUT2D eigenvalue weighted by molar-refractivity contribution is -0.142. The van der Waals surface area contributed by atoms with E-state index in [1.54, 1.807) is 34.4 Å². The van der Waals surface area contributed by atoms with Crippen molar-refractivity contribution in [2.24, 2.45) is 5.41 Å². The van der Waals surface area contributed by atoms with Crippen LogP contribution in [-0.2, 0) is 16.0 Å². The largest absolute Gasteiger partial charge is 0.330 e. The predicted octanol–water partition coefficient (Wildman–Crippen LogP) is 4.81. The molecule has 160 valence electrons. The van der Waals surface area contributed by atoms with E-state index in [0.29, 0.717) is 19.5 Å². The van der Waals surface area contributed by atoms with E-state index in [1.807, 2.05) is 37.1 Å². The summed E-state index contributed by atoms with van der Waals surface area (Å²) in [6, 6.07) is 8.10. The molecule has 0 aliphatic carbocycles. The molecule has 1 aromatic carbocycles. The van der Waals surface area contributed by atoms with Gasteiger partial charge < -0.3 is 9.80 Å². The normalized spacial score (nSPS) is 16.1. The first-order valence-electron chi connectivity index (χ1n) is 10.2. The summed E-state index contributed by atoms with van der Waals surface area (Å²) in [5, 5.41) is 2.03. The monoisotopic (exact) mass is 428 g/mol. The van der Waals surface area contributed by atoms with Crippen LogP contribution in [0.2, 0.25) is 0 Å². The molecule has 1 aromatic heterocycles. The van der Waals surface area contributed by atoms with Crippen molar-refractivity contribution in [2.45, 2.75) is 39.7 Å². The standard InChI is InChI=1S/C24H29FN2O2S/c1-5-12-26(21(28)15-24(2,3)4)16-22(29)27-13-10-20-19(11-14-30-20)23(27)17-6-8-18(25)9-7-17/h5-9,11,14,23H,1,10,12-13,15-16H2,2-4H3/t23-/m0/s1. The smallest absolute Gasteiger partial charge is 0.243 e. The summed E-state index contributed by atoms with van der Waals surface area (Å²) in [6.07, 6.45) is 2.80. The van der Waals surface area contributed by atoms with Gasteiger partial charge in [-0.1, -0.05) is 39.0 Å². The number of fused-ring (bicyclic) bond motifs is 1. The quantitative estimate of drug-likeness (QED) is 0.620. The van der Waals surface area contributed by atoms with Crippen molar-refractivity contribution < 1.29 is 14.0 Å². The van der Waals surface area contributed by atoms with E-state index in [0.717, 1.165) is 17.5 Å². The van der Waals surface area contributed by atoms with E-state index in [4.69, 9.17) is 0 Å². The summed E-state index contributed by atoms with van der Waals surface area (Å²) in [4.78, 5) is 30.8. The van der Waals surface area contributed by atoms with Crippen LogP contribution in [0.25, 0.3) is 0 Å². The molecule has 2 amide bonds. The minimum atomic E-state index is -0.303. The Morgan fingerprint density at radius 3 is 2.60 bits per heavy atom. The van der Waals surface area contributed by atoms with E-state index in [2.05, 4.69) is 6.58 Å². The molecule has 6 heteroatoms. The number of carbonyl (C=O) groups excluding carboxylic acids is 2. The summed E-state index contributed by atoms with van der Waals surface area (Å²) < 4.78 is 13.5. The Bertz CT molecular complexity index is 914. The van der Waals surface area contributed by atoms with Crippen molar-refractivity contribution in [3.05, 3.63) is 70.2 Å². The van der Waals surface area contributed by atoms with Gasteiger partial charge in [-0.05, 0) is 46.5 Å². The minimum Gasteiger partial charge on any atom is -0.330 e. The second kappa shape index (κ2) is 9.13. The maximum Gasteiger partial charge on any atom is 0.243 e. The molecular weight excluding hydrogens is 399 g/mol. The van der Waals surface area contributed by atoms with Gasteiger partial charge in [-0.3, -0.25) is 9.59 Å². The SMILES string of the molecule is C=CCN(CC(=O)N1CCc2sccc2[C@@H]1c1ccc(F)cc1)C(=O)CC(C)(C)C. The van der Waals surface area contributed by atoms with E-state index >= 15 is 0 Å². The molecule has 0 saturated heterocycles. The zero-order chi connectivity index (χ0) is 21.9. The van der Waals surface area contributed by atoms with Crippen molar-refractivity contribution in [3.63, 3.8) is 0 Å². The van der Waals surface area contributed by atoms with Gasteiger partial charge in [-0.15, -0.1) is 17.9 Å². The first-order chi connectivity index (χ1) is 14.2. The van der Waals surface area contributed by atoms with E-state index < -0.39 is 0 Å². The lowest BCUT2D eigenvalue weighted by Crippen LogP contribution is -2.47. The number of halogens is 1. The summed E-state index contributed by atoms with van der Waals surface area (Å²) >= 11 is 1.68. The molecule has 0 fully saturated rings. The molecule has 1 atom stereocenters. The third-order valence-corrected chi connectivity index (χ3v) is 6.18. The third-order valence-electron chi connectivity index (χ3n) is 5.18. The van der Waals surface area contributed by atoms with Crippen LogP contribution in [0.5, 0.6) is 0 Å². The van der Waals surface area contributed by atoms with Gasteiger partial charge in [0.05, 0.1) is 6.04 Å². The van der Waals surface area contributed by atoms with E-state index in [-0.39, 0.29) is 35.6 Å². The molecule has 1 aliphatic rings. The second-order valence-corrected chi connectivity index (χ2v) is 9.89. The molecule has 2 aromatic rings. The summed E-state index contributed by atoms with van der Waals surface area (Å²) in [5.74, 6) is -0.462. The number of benzene rings is 1. The highest BCUT2D eigenvalue weighted by molar-refractivity contribution is 7.10. The first-order valence-corrected chi connectivity index (χ1v) is 11.1. The van der Waals surface area contributed by atoms with Crippen LogP contribution in [0.3, 0.4) is 0 Å². The highest BCUT2D eigenvalue weighted by atomic mass is 32.1. The number of nitrogens with zero attached hydrogens (tertiary/aromatic N) is 2. The van der Waals surface area contributed by atoms with Crippen molar-refractivity contribution in [1.82, 2.24) is 9.80 Å². The molecule has 3 rings (SSSR count). The molecule has 30 heavy (non-hydrogen) atoms. The molecule has 0 spiro atoms. The average molecular weight is 429 g/mol. The Balaban J connectivity index is 1.86. The zero-order valence-corrected chi connectivity index (χ0v) is 18.7. The Morgan fingerprint density at radius 1 is 1.27 bits per heavy atom. The van der Waals surface area contributed by atoms with Gasteiger partial charge in [0.25, 0.3) is 0 Å². The fraction of sp³-hybridized carbons (Fsp3) is 0.417. The number of carbonyl (C=O) groups is 2. The number of hydrogen-bond donors (Lipinski definition) is 0. The Labute approximate surface area is 182 Å². The van der Waals surface area contributed by atoms with Crippen molar-refractivity contribution in [2.75, 3.05) is 19.6 Å². The minimum absolute atomic E-state index is 0.0120. The van der Waals surface area contributed by atoms with Gasteiger partial charge in [0.1, 0.15) is 12.4 Å². The topological polar surface area (TPSA) is 40.6 Å². The molecule has 1 aliphatic heterocycles. The zero-order valence-electron chi connectivity index (χ0n) is 17.9. The summed E-state index contributed by atoms with van der Waals surface area (Å²) in [7, 11) is 0. The summed E-state index contributed by atoms with van der Waals surface area (Å²) in [6.45, 7) is 10.7. The average Bonchev–Trinajstić information content (AvgIpc) is 3.15. The lowest BCUT2D eigenvalue weighted by Gasteiger charge is -2.37. The Kier molecular flexibility index (Phi) is 6.76. The summed E-state index contributed by atoms with van der Waals surface area (Å²) in [5.41, 5.74) is 1.80. The highest BCUT2D eigenvalue weighted by Crippen LogP contribution is 2.38. The second-order valence-electron chi connectivity index (χ2n) is 8.89. The molecule has 0 bridgehead atoms. The van der Waals surface area contributed by atoms with Gasteiger partial charge in [-0.2, -0.15) is 0 Å². The Hall–Kier alpha value is -2.47. The van der Waals surface area contributed by atoms with Gasteiger partial charge in [0.2, 0.25) is 11.8 Å². The molecule has 0 saturated carbocycles. The van der Waals surface area contributed by atoms with Gasteiger partial charge in [0, 0.05) is 24.4 Å². The van der Waals surface area contributed by atoms with Crippen LogP contribution in [-0.4, -0.2) is 41.2 Å². The Morgan fingerprint density at radius 2 is 1.97 bits per heavy atom. The number of hydrogen-bond acceptors (Lipinski definition) is 3. The molecule has 0 N–H and O–H groups in total. The predicted molar refractivity (Wildman–Crippen MR) is 119 cm³/mol. The lowest BCUT2D eigenvalue weighted by atomic mass is 9.91. The van der Waals surface area contributed by atoms with Crippen LogP contribution in [0.1, 0.15) is 49.2 Å². The third kappa shape index (κ3) is 5.17. The maximum absolute atomic E-state index is 13.5. The highest BCUT2D eigenvalue weighted by Gasteiger charge is 2.34. The van der Waals surface area contributed by atoms with Crippen LogP contribution < -0.4 is 0 Å². The van der Waals surface area contributed by atoms with E-state index in [9.17, 15) is 14.0 Å². The fourth-order valence-corrected chi connectivity index (χ4v) is 4.72. The van der Waals surface area contributed by atoms with Crippen molar-refractivity contribution in [3.8, 4) is 0 Å². The molecule has 2 heterocycles. The number of amides is 2. The fourth-order valence-electron chi connectivity index (χ4n) is 3.82. The van der Waals surface area contributed by atoms with Crippen LogP contribution in [0.4, 0.5) is 4.39 Å². The van der Waals surface area contributed by atoms with E-state index in [1.165, 1.54) is 17.0 Å². The molecular formula is C24H29FN2O2S. The van der Waals surface area contributed by atoms with Gasteiger partial charge in [0.15, 0.2) is 0 Å². The van der Waals surface area contributed by atoms with Crippen molar-refractivity contribution >= 4 is 23.2 Å². The number of thiophene rings is 1. The van der Waals surface area contributed by atoms with Crippen LogP contribution in [0, 0.1) is 11.2 Å². The molecule has 4 nitrogen and oxygen atoms in total. The van der Waals surface area contributed by atoms with Gasteiger partial charge >= 0.3 is 0 Å². The molecule has 0 radical (unpaired) electrons. The van der Waals surface area contributed by atoms with Gasteiger partial charge in [-0.25, -0.2) is 4.39 Å². The maximum atomic E-state index is 13.5. The first kappa shape index (κ1) is 22.2.